The van der Waals surface area contributed by atoms with Crippen LogP contribution in [-0.4, -0.2) is 30.9 Å². The van der Waals surface area contributed by atoms with Crippen LogP contribution in [0.1, 0.15) is 5.56 Å². The van der Waals surface area contributed by atoms with E-state index in [1.807, 2.05) is 13.0 Å². The van der Waals surface area contributed by atoms with Gasteiger partial charge >= 0.3 is 5.97 Å². The third kappa shape index (κ3) is 4.51. The number of hydrogen-bond donors (Lipinski definition) is 1. The molecular formula is C11H13ClO4. The molecule has 1 aromatic rings. The van der Waals surface area contributed by atoms with Gasteiger partial charge in [-0.3, -0.25) is 0 Å². The van der Waals surface area contributed by atoms with Gasteiger partial charge in [-0.25, -0.2) is 4.79 Å². The fraction of sp³-hybridized carbons (Fsp3) is 0.364. The van der Waals surface area contributed by atoms with Gasteiger partial charge in [0.2, 0.25) is 0 Å². The Morgan fingerprint density at radius 3 is 2.81 bits per heavy atom. The summed E-state index contributed by atoms with van der Waals surface area (Å²) in [7, 11) is 0. The van der Waals surface area contributed by atoms with E-state index < -0.39 is 5.97 Å². The van der Waals surface area contributed by atoms with E-state index in [4.69, 9.17) is 26.2 Å². The van der Waals surface area contributed by atoms with Crippen LogP contribution in [0.25, 0.3) is 0 Å². The Bertz CT molecular complexity index is 365. The van der Waals surface area contributed by atoms with E-state index in [9.17, 15) is 4.79 Å². The highest BCUT2D eigenvalue weighted by Gasteiger charge is 1.99. The van der Waals surface area contributed by atoms with Gasteiger partial charge in [0.15, 0.2) is 0 Å². The number of hydrogen-bond acceptors (Lipinski definition) is 3. The molecular weight excluding hydrogens is 232 g/mol. The maximum absolute atomic E-state index is 10.1. The lowest BCUT2D eigenvalue weighted by Crippen LogP contribution is -2.12. The van der Waals surface area contributed by atoms with Crippen molar-refractivity contribution in [3.63, 3.8) is 0 Å². The van der Waals surface area contributed by atoms with Gasteiger partial charge in [-0.1, -0.05) is 11.6 Å². The molecule has 0 aliphatic heterocycles. The molecule has 0 amide bonds. The average Bonchev–Trinajstić information content (AvgIpc) is 2.22. The van der Waals surface area contributed by atoms with Crippen molar-refractivity contribution in [3.8, 4) is 5.75 Å². The number of ether oxygens (including phenoxy) is 2. The number of carbonyl (C=O) groups is 1. The normalized spacial score (nSPS) is 10.1. The molecule has 0 heterocycles. The zero-order valence-corrected chi connectivity index (χ0v) is 9.66. The first kappa shape index (κ1) is 12.8. The van der Waals surface area contributed by atoms with Crippen LogP contribution in [0.2, 0.25) is 5.02 Å². The molecule has 0 radical (unpaired) electrons. The average molecular weight is 245 g/mol. The Labute approximate surface area is 98.7 Å². The predicted molar refractivity (Wildman–Crippen MR) is 60.1 cm³/mol. The lowest BCUT2D eigenvalue weighted by atomic mass is 10.2. The second-order valence-electron chi connectivity index (χ2n) is 3.21. The van der Waals surface area contributed by atoms with E-state index in [0.29, 0.717) is 17.4 Å². The number of benzene rings is 1. The first-order chi connectivity index (χ1) is 7.59. The molecule has 1 rings (SSSR count). The Balaban J connectivity index is 2.27. The monoisotopic (exact) mass is 244 g/mol. The molecule has 0 fully saturated rings. The summed E-state index contributed by atoms with van der Waals surface area (Å²) in [5.74, 6) is -0.289. The second-order valence-corrected chi connectivity index (χ2v) is 3.61. The molecule has 0 aromatic heterocycles. The summed E-state index contributed by atoms with van der Waals surface area (Å²) < 4.78 is 10.2. The minimum atomic E-state index is -0.984. The largest absolute Gasteiger partial charge is 0.491 e. The SMILES string of the molecule is Cc1cc(OCCOCC(=O)O)ccc1Cl. The third-order valence-electron chi connectivity index (χ3n) is 1.85. The lowest BCUT2D eigenvalue weighted by Gasteiger charge is -2.07. The standard InChI is InChI=1S/C11H13ClO4/c1-8-6-9(2-3-10(8)12)16-5-4-15-7-11(13)14/h2-3,6H,4-5,7H2,1H3,(H,13,14). The lowest BCUT2D eigenvalue weighted by molar-refractivity contribution is -0.142. The number of carboxylic acids is 1. The van der Waals surface area contributed by atoms with Crippen molar-refractivity contribution in [1.82, 2.24) is 0 Å². The Hall–Kier alpha value is -1.26. The molecule has 16 heavy (non-hydrogen) atoms. The first-order valence-electron chi connectivity index (χ1n) is 4.78. The zero-order chi connectivity index (χ0) is 12.0. The molecule has 4 nitrogen and oxygen atoms in total. The summed E-state index contributed by atoms with van der Waals surface area (Å²) in [5, 5.41) is 9.01. The Morgan fingerprint density at radius 2 is 2.19 bits per heavy atom. The topological polar surface area (TPSA) is 55.8 Å². The Kier molecular flexibility index (Phi) is 5.08. The number of aliphatic carboxylic acids is 1. The van der Waals surface area contributed by atoms with Gasteiger partial charge in [0, 0.05) is 5.02 Å². The fourth-order valence-corrected chi connectivity index (χ4v) is 1.20. The summed E-state index contributed by atoms with van der Waals surface area (Å²) in [6.45, 7) is 2.14. The van der Waals surface area contributed by atoms with Crippen molar-refractivity contribution < 1.29 is 19.4 Å². The van der Waals surface area contributed by atoms with Gasteiger partial charge < -0.3 is 14.6 Å². The van der Waals surface area contributed by atoms with Crippen molar-refractivity contribution in [1.29, 1.82) is 0 Å². The highest BCUT2D eigenvalue weighted by atomic mass is 35.5. The smallest absolute Gasteiger partial charge is 0.329 e. The molecule has 0 atom stereocenters. The molecule has 0 saturated carbocycles. The van der Waals surface area contributed by atoms with Gasteiger partial charge in [0.1, 0.15) is 19.0 Å². The van der Waals surface area contributed by atoms with E-state index in [1.54, 1.807) is 12.1 Å². The third-order valence-corrected chi connectivity index (χ3v) is 2.28. The van der Waals surface area contributed by atoms with E-state index in [2.05, 4.69) is 0 Å². The van der Waals surface area contributed by atoms with Gasteiger partial charge in [-0.15, -0.1) is 0 Å². The summed E-state index contributed by atoms with van der Waals surface area (Å²) >= 11 is 5.85. The minimum absolute atomic E-state index is 0.244. The van der Waals surface area contributed by atoms with Crippen molar-refractivity contribution in [2.75, 3.05) is 19.8 Å². The van der Waals surface area contributed by atoms with E-state index in [1.165, 1.54) is 0 Å². The van der Waals surface area contributed by atoms with Gasteiger partial charge in [0.05, 0.1) is 6.61 Å². The second kappa shape index (κ2) is 6.35. The number of carboxylic acid groups (broad SMARTS) is 1. The van der Waals surface area contributed by atoms with Crippen LogP contribution in [0.15, 0.2) is 18.2 Å². The first-order valence-corrected chi connectivity index (χ1v) is 5.16. The highest BCUT2D eigenvalue weighted by Crippen LogP contribution is 2.20. The maximum Gasteiger partial charge on any atom is 0.329 e. The van der Waals surface area contributed by atoms with Crippen molar-refractivity contribution >= 4 is 17.6 Å². The van der Waals surface area contributed by atoms with E-state index in [-0.39, 0.29) is 13.2 Å². The molecule has 0 bridgehead atoms. The van der Waals surface area contributed by atoms with Crippen LogP contribution in [0.5, 0.6) is 5.75 Å². The zero-order valence-electron chi connectivity index (χ0n) is 8.90. The summed E-state index contributed by atoms with van der Waals surface area (Å²) in [5.41, 5.74) is 0.936. The van der Waals surface area contributed by atoms with E-state index in [0.717, 1.165) is 5.56 Å². The van der Waals surface area contributed by atoms with Gasteiger partial charge in [-0.05, 0) is 30.7 Å². The van der Waals surface area contributed by atoms with Crippen LogP contribution in [0.4, 0.5) is 0 Å². The number of halogens is 1. The molecule has 5 heteroatoms. The van der Waals surface area contributed by atoms with Crippen LogP contribution in [0, 0.1) is 6.92 Å². The number of aryl methyl sites for hydroxylation is 1. The van der Waals surface area contributed by atoms with Crippen LogP contribution < -0.4 is 4.74 Å². The predicted octanol–water partition coefficient (Wildman–Crippen LogP) is 2.13. The summed E-state index contributed by atoms with van der Waals surface area (Å²) in [6, 6.07) is 5.33. The summed E-state index contributed by atoms with van der Waals surface area (Å²) in [4.78, 5) is 10.1. The highest BCUT2D eigenvalue weighted by molar-refractivity contribution is 6.31. The molecule has 1 aromatic carbocycles. The van der Waals surface area contributed by atoms with Crippen molar-refractivity contribution in [2.45, 2.75) is 6.92 Å². The van der Waals surface area contributed by atoms with Crippen molar-refractivity contribution in [2.24, 2.45) is 0 Å². The fourth-order valence-electron chi connectivity index (χ4n) is 1.08. The molecule has 0 unspecified atom stereocenters. The molecule has 0 aliphatic rings. The van der Waals surface area contributed by atoms with Crippen LogP contribution in [0.3, 0.4) is 0 Å². The van der Waals surface area contributed by atoms with Gasteiger partial charge in [0.25, 0.3) is 0 Å². The molecule has 0 aliphatic carbocycles. The summed E-state index contributed by atoms with van der Waals surface area (Å²) in [6.07, 6.45) is 0. The van der Waals surface area contributed by atoms with Crippen molar-refractivity contribution in [3.05, 3.63) is 28.8 Å². The minimum Gasteiger partial charge on any atom is -0.491 e. The molecule has 1 N–H and O–H groups in total. The molecule has 0 saturated heterocycles. The van der Waals surface area contributed by atoms with Crippen LogP contribution >= 0.6 is 11.6 Å². The quantitative estimate of drug-likeness (QED) is 0.779. The Morgan fingerprint density at radius 1 is 1.44 bits per heavy atom. The van der Waals surface area contributed by atoms with E-state index >= 15 is 0 Å². The molecule has 0 spiro atoms. The number of rotatable bonds is 6. The maximum atomic E-state index is 10.1. The van der Waals surface area contributed by atoms with Crippen LogP contribution in [-0.2, 0) is 9.53 Å². The van der Waals surface area contributed by atoms with Gasteiger partial charge in [-0.2, -0.15) is 0 Å². The molecule has 88 valence electrons.